The molecule has 0 bridgehead atoms. The van der Waals surface area contributed by atoms with Crippen molar-refractivity contribution in [2.24, 2.45) is 0 Å². The van der Waals surface area contributed by atoms with Crippen LogP contribution in [0.15, 0.2) is 53.3 Å². The van der Waals surface area contributed by atoms with Crippen LogP contribution in [0.4, 0.5) is 0 Å². The number of hydrogen-bond acceptors (Lipinski definition) is 3. The molecule has 168 valence electrons. The van der Waals surface area contributed by atoms with Crippen molar-refractivity contribution < 1.29 is 19.3 Å². The number of ether oxygens (including phenoxy) is 1. The van der Waals surface area contributed by atoms with E-state index < -0.39 is 0 Å². The Morgan fingerprint density at radius 1 is 1.00 bits per heavy atom. The Hall–Kier alpha value is -2.96. The van der Waals surface area contributed by atoms with Crippen molar-refractivity contribution in [3.63, 3.8) is 0 Å². The molecule has 1 fully saturated rings. The number of benzene rings is 2. The largest absolute Gasteiger partial charge is 0.462 e. The van der Waals surface area contributed by atoms with Gasteiger partial charge in [-0.25, -0.2) is 4.79 Å². The fourth-order valence-corrected chi connectivity index (χ4v) is 4.51. The Labute approximate surface area is 188 Å². The first-order chi connectivity index (χ1) is 15.5. The van der Waals surface area contributed by atoms with Gasteiger partial charge in [0.25, 0.3) is 0 Å². The normalized spacial score (nSPS) is 18.6. The number of nitrogens with one attached hydrogen (secondary N) is 3. The van der Waals surface area contributed by atoms with Crippen LogP contribution in [-0.4, -0.2) is 43.7 Å². The molecule has 0 aliphatic carbocycles. The third kappa shape index (κ3) is 5.09. The summed E-state index contributed by atoms with van der Waals surface area (Å²) in [5.74, 6) is -0.376. The second-order valence-electron chi connectivity index (χ2n) is 8.79. The van der Waals surface area contributed by atoms with Gasteiger partial charge in [-0.1, -0.05) is 37.3 Å². The minimum Gasteiger partial charge on any atom is -0.462 e. The highest BCUT2D eigenvalue weighted by Crippen LogP contribution is 2.14. The molecule has 1 aliphatic heterocycles. The Bertz CT molecular complexity index is 1130. The summed E-state index contributed by atoms with van der Waals surface area (Å²) in [7, 11) is 0. The fourth-order valence-electron chi connectivity index (χ4n) is 4.51. The van der Waals surface area contributed by atoms with E-state index in [4.69, 9.17) is 4.74 Å². The molecule has 6 heteroatoms. The van der Waals surface area contributed by atoms with E-state index >= 15 is 0 Å². The predicted molar refractivity (Wildman–Crippen MR) is 125 cm³/mol. The smallest absolute Gasteiger partial charge is 0.338 e. The Morgan fingerprint density at radius 3 is 2.38 bits per heavy atom. The first-order valence-electron chi connectivity index (χ1n) is 11.6. The van der Waals surface area contributed by atoms with Crippen LogP contribution >= 0.6 is 0 Å². The van der Waals surface area contributed by atoms with E-state index in [-0.39, 0.29) is 11.4 Å². The first-order valence-corrected chi connectivity index (χ1v) is 11.6. The van der Waals surface area contributed by atoms with E-state index in [9.17, 15) is 9.59 Å². The topological polar surface area (TPSA) is 68.0 Å². The van der Waals surface area contributed by atoms with Gasteiger partial charge in [0.1, 0.15) is 39.3 Å². The van der Waals surface area contributed by atoms with Crippen LogP contribution < -0.4 is 15.2 Å². The van der Waals surface area contributed by atoms with Crippen molar-refractivity contribution in [1.29, 1.82) is 0 Å². The number of hydrogen-bond donors (Lipinski definition) is 3. The average Bonchev–Trinajstić information content (AvgIpc) is 2.82. The predicted octanol–water partition coefficient (Wildman–Crippen LogP) is 0.887. The summed E-state index contributed by atoms with van der Waals surface area (Å²) in [6.07, 6.45) is 0.770. The third-order valence-electron chi connectivity index (χ3n) is 6.37. The molecule has 3 aromatic rings. The molecule has 32 heavy (non-hydrogen) atoms. The molecule has 2 heterocycles. The van der Waals surface area contributed by atoms with Crippen molar-refractivity contribution in [2.75, 3.05) is 32.8 Å². The van der Waals surface area contributed by atoms with E-state index in [0.29, 0.717) is 24.1 Å². The molecule has 6 nitrogen and oxygen atoms in total. The SMILES string of the molecule is CCCOC(=O)c1ccc2[nH]c(C)c(C[NH+]3CC[NH+](Cc4ccccc4)CC3)c(=O)c2c1. The van der Waals surface area contributed by atoms with E-state index in [1.165, 1.54) is 10.5 Å². The van der Waals surface area contributed by atoms with E-state index in [2.05, 4.69) is 35.3 Å². The Kier molecular flexibility index (Phi) is 7.02. The molecule has 0 saturated carbocycles. The summed E-state index contributed by atoms with van der Waals surface area (Å²) >= 11 is 0. The van der Waals surface area contributed by atoms with Crippen LogP contribution in [0.1, 0.15) is 40.5 Å². The zero-order valence-electron chi connectivity index (χ0n) is 19.0. The molecule has 3 N–H and O–H groups in total. The first kappa shape index (κ1) is 22.2. The molecule has 1 aromatic heterocycles. The van der Waals surface area contributed by atoms with Crippen molar-refractivity contribution in [3.05, 3.63) is 81.1 Å². The second-order valence-corrected chi connectivity index (χ2v) is 8.79. The molecule has 2 aromatic carbocycles. The highest BCUT2D eigenvalue weighted by molar-refractivity contribution is 5.94. The summed E-state index contributed by atoms with van der Waals surface area (Å²) in [4.78, 5) is 32.0. The minimum atomic E-state index is -0.376. The van der Waals surface area contributed by atoms with Gasteiger partial charge >= 0.3 is 5.97 Å². The van der Waals surface area contributed by atoms with Crippen molar-refractivity contribution in [3.8, 4) is 0 Å². The van der Waals surface area contributed by atoms with Crippen LogP contribution in [0.3, 0.4) is 0 Å². The zero-order chi connectivity index (χ0) is 22.5. The number of carbonyl (C=O) groups excluding carboxylic acids is 1. The maximum atomic E-state index is 13.3. The molecule has 0 unspecified atom stereocenters. The molecule has 0 atom stereocenters. The number of quaternary nitrogens is 2. The lowest BCUT2D eigenvalue weighted by molar-refractivity contribution is -1.02. The fraction of sp³-hybridized carbons (Fsp3) is 0.385. The molecule has 0 spiro atoms. The number of aromatic nitrogens is 1. The number of rotatable bonds is 7. The number of piperazine rings is 1. The van der Waals surface area contributed by atoms with Gasteiger partial charge in [0.15, 0.2) is 5.43 Å². The second kappa shape index (κ2) is 10.1. The van der Waals surface area contributed by atoms with Crippen molar-refractivity contribution >= 4 is 16.9 Å². The maximum Gasteiger partial charge on any atom is 0.338 e. The summed E-state index contributed by atoms with van der Waals surface area (Å²) in [5.41, 5.74) is 4.31. The monoisotopic (exact) mass is 435 g/mol. The maximum absolute atomic E-state index is 13.3. The van der Waals surface area contributed by atoms with Gasteiger partial charge in [-0.05, 0) is 31.5 Å². The van der Waals surface area contributed by atoms with E-state index in [1.807, 2.05) is 13.8 Å². The number of aromatic amines is 1. The highest BCUT2D eigenvalue weighted by Gasteiger charge is 2.25. The Morgan fingerprint density at radius 2 is 1.69 bits per heavy atom. The van der Waals surface area contributed by atoms with Crippen LogP contribution in [0.5, 0.6) is 0 Å². The van der Waals surface area contributed by atoms with Crippen molar-refractivity contribution in [2.45, 2.75) is 33.4 Å². The molecule has 0 radical (unpaired) electrons. The van der Waals surface area contributed by atoms with Gasteiger partial charge in [0.05, 0.1) is 17.7 Å². The number of carbonyl (C=O) groups is 1. The van der Waals surface area contributed by atoms with Gasteiger partial charge in [0.2, 0.25) is 0 Å². The van der Waals surface area contributed by atoms with Gasteiger partial charge in [-0.3, -0.25) is 4.79 Å². The molecular formula is C26H33N3O3+2. The summed E-state index contributed by atoms with van der Waals surface area (Å²) in [5, 5.41) is 0.560. The number of pyridine rings is 1. The van der Waals surface area contributed by atoms with Crippen LogP contribution in [0.2, 0.25) is 0 Å². The Balaban J connectivity index is 1.47. The highest BCUT2D eigenvalue weighted by atomic mass is 16.5. The molecule has 1 saturated heterocycles. The number of esters is 1. The zero-order valence-corrected chi connectivity index (χ0v) is 19.0. The quantitative estimate of drug-likeness (QED) is 0.483. The van der Waals surface area contributed by atoms with E-state index in [1.54, 1.807) is 23.1 Å². The van der Waals surface area contributed by atoms with Crippen LogP contribution in [-0.2, 0) is 17.8 Å². The molecule has 0 amide bonds. The average molecular weight is 436 g/mol. The van der Waals surface area contributed by atoms with Crippen LogP contribution in [0, 0.1) is 6.92 Å². The van der Waals surface area contributed by atoms with Crippen molar-refractivity contribution in [1.82, 2.24) is 4.98 Å². The summed E-state index contributed by atoms with van der Waals surface area (Å²) < 4.78 is 5.24. The molecular weight excluding hydrogens is 402 g/mol. The summed E-state index contributed by atoms with van der Waals surface area (Å²) in [6.45, 7) is 10.4. The van der Waals surface area contributed by atoms with Gasteiger partial charge in [0, 0.05) is 22.2 Å². The minimum absolute atomic E-state index is 0.0213. The lowest BCUT2D eigenvalue weighted by Gasteiger charge is -2.30. The number of aryl methyl sites for hydroxylation is 1. The van der Waals surface area contributed by atoms with Crippen LogP contribution in [0.25, 0.3) is 10.9 Å². The van der Waals surface area contributed by atoms with Gasteiger partial charge < -0.3 is 19.5 Å². The lowest BCUT2D eigenvalue weighted by Crippen LogP contribution is -3.27. The van der Waals surface area contributed by atoms with E-state index in [0.717, 1.165) is 55.9 Å². The van der Waals surface area contributed by atoms with Gasteiger partial charge in [-0.2, -0.15) is 0 Å². The van der Waals surface area contributed by atoms with Gasteiger partial charge in [-0.15, -0.1) is 0 Å². The summed E-state index contributed by atoms with van der Waals surface area (Å²) in [6, 6.07) is 15.8. The lowest BCUT2D eigenvalue weighted by atomic mass is 10.1. The number of H-pyrrole nitrogens is 1. The third-order valence-corrected chi connectivity index (χ3v) is 6.37. The standard InChI is InChI=1S/C26H31N3O3/c1-3-15-32-26(31)21-9-10-24-22(16-21)25(30)23(19(2)27-24)18-29-13-11-28(12-14-29)17-20-7-5-4-6-8-20/h4-10,16H,3,11-15,17-18H2,1-2H3,(H,27,30)/p+2. The molecule has 4 rings (SSSR count). The number of fused-ring (bicyclic) bond motifs is 1. The molecule has 1 aliphatic rings.